The Kier molecular flexibility index (Phi) is 18.1. The fourth-order valence-electron chi connectivity index (χ4n) is 10.2. The third-order valence-electron chi connectivity index (χ3n) is 15.3. The van der Waals surface area contributed by atoms with Gasteiger partial charge in [0.25, 0.3) is 16.7 Å². The number of benzene rings is 6. The predicted octanol–water partition coefficient (Wildman–Crippen LogP) is 6.95. The van der Waals surface area contributed by atoms with Crippen LogP contribution in [0, 0.1) is 59.0 Å². The number of aryl methyl sites for hydroxylation is 6. The van der Waals surface area contributed by atoms with Crippen LogP contribution in [0.2, 0.25) is 0 Å². The first-order chi connectivity index (χ1) is 42.2. The van der Waals surface area contributed by atoms with Crippen molar-refractivity contribution in [3.63, 3.8) is 0 Å². The Morgan fingerprint density at radius 3 is 1.22 bits per heavy atom. The lowest BCUT2D eigenvalue weighted by Gasteiger charge is -2.19. The molecule has 1 unspecified atom stereocenters. The molecule has 0 saturated heterocycles. The van der Waals surface area contributed by atoms with Crippen LogP contribution < -0.4 is 49.7 Å². The Bertz CT molecular complexity index is 4850. The number of fused-ring (bicyclic) bond motifs is 6. The van der Waals surface area contributed by atoms with E-state index in [9.17, 15) is 41.9 Å². The van der Waals surface area contributed by atoms with Gasteiger partial charge in [-0.3, -0.25) is 29.3 Å². The average Bonchev–Trinajstić information content (AvgIpc) is 0.943. The SMILES string of the molecule is Cc1cc2nc3c(=O)[nH]c(=O)nc-3n(CCNC(C)c3ccccc3)c2cc1C.Cc1cc2nc3c(=O)[nH]c(=O)nc-3n(CCNCc3ccc(F)c(F)c3)c2cc1C.Cc1cc2nc3c(=O)[nH]c(=O)nc-3n(CCNCc3ccc(F)cc3)c2cc1C. The van der Waals surface area contributed by atoms with Crippen LogP contribution in [-0.2, 0) is 32.7 Å². The number of nitrogens with one attached hydrogen (secondary N) is 6. The molecule has 6 aromatic rings. The quantitative estimate of drug-likeness (QED) is 0.0447. The van der Waals surface area contributed by atoms with Gasteiger partial charge in [0.05, 0.1) is 33.1 Å². The standard InChI is InChI=1S/C22H23N5O2.C21H19F2N5O2.C21H20FN5O2/c1-13-11-17-18(12-14(13)2)27(20-19(24-17)21(28)26-22(29)25-20)10-9-23-15(3)16-7-5-4-6-8-16;1-11-7-16-17(8-12(11)2)28(19-18(25-16)20(29)27-21(30)26-19)6-5-24-10-13-3-4-14(22)15(23)9-13;1-12-9-16-17(10-13(12)2)27(19-18(24-16)20(28)26-21(29)25-19)8-7-23-11-14-3-5-15(22)6-4-14/h4-8,11-12,15,23H,9-10H2,1-3H3,(H,26,28,29);3-4,7-9,24H,5-6,10H2,1-2H3,(H,27,29,30);3-6,9-10,23H,7-8,11H2,1-2H3,(H,26,28,29). The number of hydrogen-bond acceptors (Lipinski definition) is 15. The molecule has 12 rings (SSSR count). The highest BCUT2D eigenvalue weighted by atomic mass is 19.2. The van der Waals surface area contributed by atoms with E-state index in [1.54, 1.807) is 16.7 Å². The van der Waals surface area contributed by atoms with Gasteiger partial charge in [-0.1, -0.05) is 48.5 Å². The highest BCUT2D eigenvalue weighted by Crippen LogP contribution is 2.27. The number of hydrogen-bond donors (Lipinski definition) is 6. The van der Waals surface area contributed by atoms with Gasteiger partial charge in [-0.15, -0.1) is 0 Å². The summed E-state index contributed by atoms with van der Waals surface area (Å²) < 4.78 is 45.0. The number of rotatable bonds is 15. The molecule has 24 heteroatoms. The zero-order valence-electron chi connectivity index (χ0n) is 49.2. The average molecular weight is 1190 g/mol. The van der Waals surface area contributed by atoms with Crippen LogP contribution in [0.15, 0.2) is 138 Å². The molecule has 0 aromatic heterocycles. The van der Waals surface area contributed by atoms with E-state index in [2.05, 4.69) is 79.9 Å². The summed E-state index contributed by atoms with van der Waals surface area (Å²) in [4.78, 5) is 104. The van der Waals surface area contributed by atoms with Crippen molar-refractivity contribution in [3.8, 4) is 34.6 Å². The molecule has 6 aliphatic heterocycles. The molecule has 6 aromatic carbocycles. The van der Waals surface area contributed by atoms with E-state index in [1.165, 1.54) is 23.8 Å². The number of halogens is 3. The maximum Gasteiger partial charge on any atom is 0.349 e. The van der Waals surface area contributed by atoms with Gasteiger partial charge in [0.1, 0.15) is 5.82 Å². The minimum Gasteiger partial charge on any atom is -0.321 e. The van der Waals surface area contributed by atoms with Gasteiger partial charge in [0, 0.05) is 58.4 Å². The number of nitrogens with zero attached hydrogens (tertiary/aromatic N) is 9. The van der Waals surface area contributed by atoms with Crippen molar-refractivity contribution < 1.29 is 13.2 Å². The van der Waals surface area contributed by atoms with Crippen LogP contribution in [0.4, 0.5) is 13.2 Å². The van der Waals surface area contributed by atoms with Crippen molar-refractivity contribution in [2.24, 2.45) is 0 Å². The summed E-state index contributed by atoms with van der Waals surface area (Å²) in [7, 11) is 0. The number of aromatic amines is 3. The lowest BCUT2D eigenvalue weighted by Crippen LogP contribution is -2.30. The molecule has 0 bridgehead atoms. The molecule has 6 aliphatic rings. The van der Waals surface area contributed by atoms with E-state index in [0.717, 1.165) is 67.6 Å². The van der Waals surface area contributed by atoms with Crippen LogP contribution in [0.3, 0.4) is 0 Å². The summed E-state index contributed by atoms with van der Waals surface area (Å²) in [6.45, 7) is 18.0. The van der Waals surface area contributed by atoms with E-state index < -0.39 is 45.4 Å². The highest BCUT2D eigenvalue weighted by Gasteiger charge is 2.23. The van der Waals surface area contributed by atoms with Gasteiger partial charge < -0.3 is 29.7 Å². The van der Waals surface area contributed by atoms with Crippen molar-refractivity contribution in [1.82, 2.24) is 74.5 Å². The minimum atomic E-state index is -0.896. The molecule has 450 valence electrons. The Hall–Kier alpha value is -10.2. The zero-order chi connectivity index (χ0) is 62.5. The van der Waals surface area contributed by atoms with E-state index >= 15 is 0 Å². The largest absolute Gasteiger partial charge is 0.349 e. The monoisotopic (exact) mass is 1190 g/mol. The van der Waals surface area contributed by atoms with E-state index in [4.69, 9.17) is 0 Å². The summed E-state index contributed by atoms with van der Waals surface area (Å²) in [5, 5.41) is 9.96. The maximum atomic E-state index is 13.4. The van der Waals surface area contributed by atoms with Gasteiger partial charge in [-0.25, -0.2) is 42.5 Å². The van der Waals surface area contributed by atoms with Gasteiger partial charge in [-0.05, 0) is 159 Å². The van der Waals surface area contributed by atoms with E-state index in [-0.39, 0.29) is 40.6 Å². The highest BCUT2D eigenvalue weighted by molar-refractivity contribution is 5.83. The molecule has 0 radical (unpaired) electrons. The molecule has 0 saturated carbocycles. The topological polar surface area (TPSA) is 278 Å². The van der Waals surface area contributed by atoms with Crippen LogP contribution in [-0.4, -0.2) is 78.2 Å². The summed E-state index contributed by atoms with van der Waals surface area (Å²) >= 11 is 0. The molecule has 0 aliphatic carbocycles. The summed E-state index contributed by atoms with van der Waals surface area (Å²) in [6, 6.07) is 32.1. The molecule has 0 fully saturated rings. The second-order valence-electron chi connectivity index (χ2n) is 21.5. The Balaban J connectivity index is 0.000000146. The summed E-state index contributed by atoms with van der Waals surface area (Å²) in [5.74, 6) is -1.28. The fraction of sp³-hybridized carbons (Fsp3) is 0.250. The van der Waals surface area contributed by atoms with E-state index in [0.29, 0.717) is 80.3 Å². The van der Waals surface area contributed by atoms with Gasteiger partial charge in [0.15, 0.2) is 46.2 Å². The zero-order valence-corrected chi connectivity index (χ0v) is 49.2. The van der Waals surface area contributed by atoms with Gasteiger partial charge in [0.2, 0.25) is 0 Å². The molecular formula is C64H62F3N15O6. The first-order valence-electron chi connectivity index (χ1n) is 28.3. The predicted molar refractivity (Wildman–Crippen MR) is 331 cm³/mol. The molecular weight excluding hydrogens is 1130 g/mol. The maximum absolute atomic E-state index is 13.4. The molecule has 88 heavy (non-hydrogen) atoms. The van der Waals surface area contributed by atoms with Gasteiger partial charge in [-0.2, -0.15) is 15.0 Å². The summed E-state index contributed by atoms with van der Waals surface area (Å²) in [6.07, 6.45) is 0. The second-order valence-corrected chi connectivity index (χ2v) is 21.5. The van der Waals surface area contributed by atoms with Crippen LogP contribution in [0.25, 0.3) is 67.7 Å². The van der Waals surface area contributed by atoms with Crippen molar-refractivity contribution in [3.05, 3.63) is 239 Å². The molecule has 0 spiro atoms. The van der Waals surface area contributed by atoms with Crippen molar-refractivity contribution >= 4 is 33.1 Å². The van der Waals surface area contributed by atoms with Crippen molar-refractivity contribution in [2.45, 2.75) is 87.2 Å². The number of H-pyrrole nitrogens is 3. The molecule has 0 amide bonds. The van der Waals surface area contributed by atoms with E-state index in [1.807, 2.05) is 105 Å². The summed E-state index contributed by atoms with van der Waals surface area (Å²) in [5.41, 5.74) is 10.3. The Labute approximate surface area is 499 Å². The number of aromatic nitrogens is 12. The first kappa shape index (κ1) is 60.9. The fourth-order valence-corrected chi connectivity index (χ4v) is 10.2. The molecule has 21 nitrogen and oxygen atoms in total. The van der Waals surface area contributed by atoms with Crippen LogP contribution in [0.5, 0.6) is 0 Å². The normalized spacial score (nSPS) is 11.8. The van der Waals surface area contributed by atoms with Gasteiger partial charge >= 0.3 is 17.1 Å². The third kappa shape index (κ3) is 13.6. The first-order valence-corrected chi connectivity index (χ1v) is 28.3. The minimum absolute atomic E-state index is 0.0889. The smallest absolute Gasteiger partial charge is 0.321 e. The van der Waals surface area contributed by atoms with Crippen LogP contribution >= 0.6 is 0 Å². The molecule has 1 atom stereocenters. The van der Waals surface area contributed by atoms with Crippen molar-refractivity contribution in [1.29, 1.82) is 0 Å². The lowest BCUT2D eigenvalue weighted by molar-refractivity contribution is 0.505. The molecule has 6 N–H and O–H groups in total. The Morgan fingerprint density at radius 2 is 0.807 bits per heavy atom. The molecule has 6 heterocycles. The lowest BCUT2D eigenvalue weighted by atomic mass is 10.1. The second kappa shape index (κ2) is 26.2. The van der Waals surface area contributed by atoms with Crippen molar-refractivity contribution in [2.75, 3.05) is 19.6 Å². The third-order valence-corrected chi connectivity index (χ3v) is 15.3. The van der Waals surface area contributed by atoms with Crippen LogP contribution in [0.1, 0.15) is 63.0 Å². The Morgan fingerprint density at radius 1 is 0.432 bits per heavy atom.